The summed E-state index contributed by atoms with van der Waals surface area (Å²) in [5.74, 6) is 0.653. The Morgan fingerprint density at radius 3 is 2.58 bits per heavy atom. The highest BCUT2D eigenvalue weighted by Crippen LogP contribution is 2.33. The monoisotopic (exact) mass is 541 g/mol. The topological polar surface area (TPSA) is 72.7 Å². The Bertz CT molecular complexity index is 1520. The van der Waals surface area contributed by atoms with Crippen LogP contribution in [0.1, 0.15) is 41.2 Å². The number of fused-ring (bicyclic) bond motifs is 1. The lowest BCUT2D eigenvalue weighted by atomic mass is 9.98. The highest BCUT2D eigenvalue weighted by atomic mass is 16.5. The summed E-state index contributed by atoms with van der Waals surface area (Å²) in [6.07, 6.45) is 0. The Morgan fingerprint density at radius 1 is 1.10 bits per heavy atom. The number of ether oxygens (including phenoxy) is 2. The third-order valence-corrected chi connectivity index (χ3v) is 8.02. The van der Waals surface area contributed by atoms with Gasteiger partial charge >= 0.3 is 0 Å². The molecule has 0 saturated carbocycles. The second-order valence-corrected chi connectivity index (χ2v) is 10.7. The molecule has 0 spiro atoms. The molecule has 40 heavy (non-hydrogen) atoms. The van der Waals surface area contributed by atoms with Crippen molar-refractivity contribution in [1.82, 2.24) is 24.6 Å². The molecule has 1 amide bonds. The first kappa shape index (κ1) is 27.8. The number of pyridine rings is 1. The normalized spacial score (nSPS) is 14.8. The van der Waals surface area contributed by atoms with Crippen LogP contribution in [0, 0.1) is 20.8 Å². The molecule has 0 N–H and O–H groups in total. The molecule has 1 saturated heterocycles. The Hall–Kier alpha value is -3.75. The molecule has 1 aliphatic rings. The summed E-state index contributed by atoms with van der Waals surface area (Å²) in [7, 11) is 3.76. The minimum absolute atomic E-state index is 0.0358. The quantitative estimate of drug-likeness (QED) is 0.313. The van der Waals surface area contributed by atoms with Crippen LogP contribution in [0.5, 0.6) is 5.75 Å². The zero-order chi connectivity index (χ0) is 28.4. The zero-order valence-corrected chi connectivity index (χ0v) is 24.4. The van der Waals surface area contributed by atoms with Crippen LogP contribution in [0.3, 0.4) is 0 Å². The summed E-state index contributed by atoms with van der Waals surface area (Å²) in [6.45, 7) is 11.9. The van der Waals surface area contributed by atoms with Gasteiger partial charge in [-0.3, -0.25) is 19.4 Å². The molecule has 8 nitrogen and oxygen atoms in total. The van der Waals surface area contributed by atoms with Gasteiger partial charge in [-0.25, -0.2) is 0 Å². The third kappa shape index (κ3) is 5.74. The standard InChI is InChI=1S/C32H39N5O3/c1-21-17-28(27-9-7-8-10-29(27)33-21)25-11-12-30(26(18-25)19-37-13-15-39-16-14-37)40-20-31(38)35(5)23(3)32-22(2)34-36(6)24(32)4/h7-12,17-18,23H,13-16,19-20H2,1-6H3/t23-/m1/s1. The molecule has 0 radical (unpaired) electrons. The minimum atomic E-state index is -0.108. The first-order valence-corrected chi connectivity index (χ1v) is 13.9. The fourth-order valence-electron chi connectivity index (χ4n) is 5.60. The second kappa shape index (κ2) is 11.8. The molecule has 0 bridgehead atoms. The van der Waals surface area contributed by atoms with Gasteiger partial charge in [0.15, 0.2) is 6.61 Å². The van der Waals surface area contributed by atoms with E-state index in [1.165, 1.54) is 0 Å². The van der Waals surface area contributed by atoms with Gasteiger partial charge in [-0.15, -0.1) is 0 Å². The first-order valence-electron chi connectivity index (χ1n) is 13.9. The lowest BCUT2D eigenvalue weighted by Gasteiger charge is -2.28. The largest absolute Gasteiger partial charge is 0.483 e. The number of hydrogen-bond donors (Lipinski definition) is 0. The number of morpholine rings is 1. The number of likely N-dealkylation sites (N-methyl/N-ethyl adjacent to an activating group) is 1. The van der Waals surface area contributed by atoms with Crippen molar-refractivity contribution in [1.29, 1.82) is 0 Å². The predicted octanol–water partition coefficient (Wildman–Crippen LogP) is 4.99. The summed E-state index contributed by atoms with van der Waals surface area (Å²) in [5.41, 5.74) is 8.35. The van der Waals surface area contributed by atoms with E-state index in [2.05, 4.69) is 40.3 Å². The summed E-state index contributed by atoms with van der Waals surface area (Å²) >= 11 is 0. The van der Waals surface area contributed by atoms with Gasteiger partial charge in [-0.1, -0.05) is 24.3 Å². The average molecular weight is 542 g/mol. The van der Waals surface area contributed by atoms with Crippen LogP contribution in [0.4, 0.5) is 0 Å². The molecule has 0 aliphatic carbocycles. The van der Waals surface area contributed by atoms with Crippen molar-refractivity contribution in [2.75, 3.05) is 40.0 Å². The number of aryl methyl sites for hydroxylation is 3. The van der Waals surface area contributed by atoms with Crippen molar-refractivity contribution in [2.45, 2.75) is 40.3 Å². The van der Waals surface area contributed by atoms with E-state index >= 15 is 0 Å². The maximum Gasteiger partial charge on any atom is 0.260 e. The van der Waals surface area contributed by atoms with E-state index < -0.39 is 0 Å². The fourth-order valence-corrected chi connectivity index (χ4v) is 5.60. The van der Waals surface area contributed by atoms with Crippen LogP contribution >= 0.6 is 0 Å². The van der Waals surface area contributed by atoms with Crippen LogP contribution in [0.25, 0.3) is 22.0 Å². The van der Waals surface area contributed by atoms with Gasteiger partial charge in [-0.2, -0.15) is 5.10 Å². The van der Waals surface area contributed by atoms with E-state index in [9.17, 15) is 4.79 Å². The molecule has 4 aromatic rings. The zero-order valence-electron chi connectivity index (χ0n) is 24.4. The molecular weight excluding hydrogens is 502 g/mol. The van der Waals surface area contributed by atoms with Crippen molar-refractivity contribution in [3.63, 3.8) is 0 Å². The summed E-state index contributed by atoms with van der Waals surface area (Å²) < 4.78 is 13.7. The number of aromatic nitrogens is 3. The number of carbonyl (C=O) groups is 1. The van der Waals surface area contributed by atoms with E-state index in [1.54, 1.807) is 4.90 Å². The van der Waals surface area contributed by atoms with Crippen molar-refractivity contribution in [2.24, 2.45) is 7.05 Å². The second-order valence-electron chi connectivity index (χ2n) is 10.7. The van der Waals surface area contributed by atoms with E-state index in [1.807, 2.05) is 64.7 Å². The van der Waals surface area contributed by atoms with Crippen molar-refractivity contribution in [3.8, 4) is 16.9 Å². The van der Waals surface area contributed by atoms with Gasteiger partial charge in [-0.05, 0) is 63.1 Å². The fraction of sp³-hybridized carbons (Fsp3) is 0.406. The molecule has 1 atom stereocenters. The summed E-state index contributed by atoms with van der Waals surface area (Å²) in [5, 5.41) is 5.64. The molecule has 2 aromatic carbocycles. The van der Waals surface area contributed by atoms with Crippen LogP contribution in [-0.4, -0.2) is 70.4 Å². The van der Waals surface area contributed by atoms with Crippen molar-refractivity contribution in [3.05, 3.63) is 76.7 Å². The Balaban J connectivity index is 1.41. The van der Waals surface area contributed by atoms with Crippen LogP contribution in [0.2, 0.25) is 0 Å². The third-order valence-electron chi connectivity index (χ3n) is 8.02. The SMILES string of the molecule is Cc1cc(-c2ccc(OCC(=O)N(C)[C@H](C)c3c(C)nn(C)c3C)c(CN3CCOCC3)c2)c2ccccc2n1. The van der Waals surface area contributed by atoms with Gasteiger partial charge in [0.05, 0.1) is 30.5 Å². The first-order chi connectivity index (χ1) is 19.2. The molecular formula is C32H39N5O3. The average Bonchev–Trinajstić information content (AvgIpc) is 3.21. The lowest BCUT2D eigenvalue weighted by Crippen LogP contribution is -2.36. The highest BCUT2D eigenvalue weighted by molar-refractivity contribution is 5.94. The van der Waals surface area contributed by atoms with Gasteiger partial charge < -0.3 is 14.4 Å². The lowest BCUT2D eigenvalue weighted by molar-refractivity contribution is -0.134. The van der Waals surface area contributed by atoms with Crippen molar-refractivity contribution < 1.29 is 14.3 Å². The Labute approximate surface area is 236 Å². The number of benzene rings is 2. The number of rotatable bonds is 8. The maximum atomic E-state index is 13.3. The predicted molar refractivity (Wildman–Crippen MR) is 157 cm³/mol. The van der Waals surface area contributed by atoms with Gasteiger partial charge in [0.1, 0.15) is 5.75 Å². The van der Waals surface area contributed by atoms with Gasteiger partial charge in [0, 0.05) is 61.6 Å². The molecule has 8 heteroatoms. The number of hydrogen-bond acceptors (Lipinski definition) is 6. The molecule has 2 aromatic heterocycles. The number of nitrogens with zero attached hydrogens (tertiary/aromatic N) is 5. The van der Waals surface area contributed by atoms with E-state index in [0.29, 0.717) is 0 Å². The van der Waals surface area contributed by atoms with E-state index in [-0.39, 0.29) is 18.6 Å². The molecule has 1 fully saturated rings. The van der Waals surface area contributed by atoms with Crippen molar-refractivity contribution >= 4 is 16.8 Å². The smallest absolute Gasteiger partial charge is 0.260 e. The van der Waals surface area contributed by atoms with E-state index in [4.69, 9.17) is 14.5 Å². The van der Waals surface area contributed by atoms with E-state index in [0.717, 1.165) is 88.8 Å². The summed E-state index contributed by atoms with van der Waals surface area (Å²) in [4.78, 5) is 22.1. The molecule has 1 aliphatic heterocycles. The maximum absolute atomic E-state index is 13.3. The van der Waals surface area contributed by atoms with Crippen LogP contribution in [-0.2, 0) is 23.1 Å². The number of carbonyl (C=O) groups excluding carboxylic acids is 1. The minimum Gasteiger partial charge on any atom is -0.483 e. The van der Waals surface area contributed by atoms with Gasteiger partial charge in [0.25, 0.3) is 5.91 Å². The molecule has 210 valence electrons. The summed E-state index contributed by atoms with van der Waals surface area (Å²) in [6, 6.07) is 16.5. The molecule has 5 rings (SSSR count). The Morgan fingerprint density at radius 2 is 1.85 bits per heavy atom. The van der Waals surface area contributed by atoms with Gasteiger partial charge in [0.2, 0.25) is 0 Å². The Kier molecular flexibility index (Phi) is 8.19. The van der Waals surface area contributed by atoms with Crippen LogP contribution in [0.15, 0.2) is 48.5 Å². The number of amides is 1. The number of para-hydroxylation sites is 1. The molecule has 3 heterocycles. The van der Waals surface area contributed by atoms with Crippen LogP contribution < -0.4 is 4.74 Å². The molecule has 0 unspecified atom stereocenters. The highest BCUT2D eigenvalue weighted by Gasteiger charge is 2.24.